The standard InChI is InChI=1S/C23H25F5O2/c1-3-4-6-16(25)10-15(9-13(2)24)21-17(7-5-8-18(21)23(29)30)14-11-19(26)22(28)20(27)12-14/h5,7-8,11-13,15-16H,3-4,6,9-10H2,1-2H3,(H,29,30). The fourth-order valence-corrected chi connectivity index (χ4v) is 3.73. The van der Waals surface area contributed by atoms with Crippen LogP contribution in [0.4, 0.5) is 22.0 Å². The summed E-state index contributed by atoms with van der Waals surface area (Å²) in [5.74, 6) is -6.67. The lowest BCUT2D eigenvalue weighted by Crippen LogP contribution is -2.17. The zero-order valence-corrected chi connectivity index (χ0v) is 16.9. The topological polar surface area (TPSA) is 37.3 Å². The Labute approximate surface area is 172 Å². The minimum atomic E-state index is -1.65. The van der Waals surface area contributed by atoms with E-state index in [2.05, 4.69) is 0 Å². The maximum Gasteiger partial charge on any atom is 0.335 e. The van der Waals surface area contributed by atoms with Gasteiger partial charge >= 0.3 is 5.97 Å². The first kappa shape index (κ1) is 23.8. The van der Waals surface area contributed by atoms with Crippen LogP contribution in [-0.4, -0.2) is 23.4 Å². The summed E-state index contributed by atoms with van der Waals surface area (Å²) in [6.07, 6.45) is -1.28. The van der Waals surface area contributed by atoms with Crippen molar-refractivity contribution in [1.82, 2.24) is 0 Å². The van der Waals surface area contributed by atoms with E-state index in [0.717, 1.165) is 18.6 Å². The number of alkyl halides is 2. The quantitative estimate of drug-likeness (QED) is 0.320. The zero-order valence-electron chi connectivity index (χ0n) is 16.9. The summed E-state index contributed by atoms with van der Waals surface area (Å²) in [7, 11) is 0. The molecule has 0 spiro atoms. The van der Waals surface area contributed by atoms with E-state index in [0.29, 0.717) is 6.42 Å². The first-order chi connectivity index (χ1) is 14.1. The summed E-state index contributed by atoms with van der Waals surface area (Å²) in [5.41, 5.74) is -0.0870. The van der Waals surface area contributed by atoms with Crippen molar-refractivity contribution in [3.05, 3.63) is 58.9 Å². The Morgan fingerprint density at radius 3 is 2.23 bits per heavy atom. The number of carboxylic acid groups (broad SMARTS) is 1. The number of unbranched alkanes of at least 4 members (excludes halogenated alkanes) is 1. The first-order valence-electron chi connectivity index (χ1n) is 9.94. The predicted octanol–water partition coefficient (Wildman–Crippen LogP) is 7.22. The number of hydrogen-bond donors (Lipinski definition) is 1. The molecule has 2 aromatic rings. The van der Waals surface area contributed by atoms with Crippen LogP contribution in [0.1, 0.15) is 67.8 Å². The average Bonchev–Trinajstić information content (AvgIpc) is 2.68. The molecule has 0 aromatic heterocycles. The van der Waals surface area contributed by atoms with Crippen molar-refractivity contribution in [3.63, 3.8) is 0 Å². The van der Waals surface area contributed by atoms with E-state index in [-0.39, 0.29) is 41.5 Å². The molecular formula is C23H25F5O2. The molecule has 0 fully saturated rings. The summed E-state index contributed by atoms with van der Waals surface area (Å²) in [6, 6.07) is 5.59. The van der Waals surface area contributed by atoms with Gasteiger partial charge in [0.2, 0.25) is 0 Å². The number of aromatic carboxylic acids is 1. The highest BCUT2D eigenvalue weighted by Gasteiger charge is 2.28. The Morgan fingerprint density at radius 2 is 1.70 bits per heavy atom. The van der Waals surface area contributed by atoms with Crippen molar-refractivity contribution in [2.45, 2.75) is 64.2 Å². The summed E-state index contributed by atoms with van der Waals surface area (Å²) >= 11 is 0. The number of rotatable bonds is 10. The van der Waals surface area contributed by atoms with Gasteiger partial charge in [0.05, 0.1) is 11.7 Å². The van der Waals surface area contributed by atoms with Crippen LogP contribution in [0, 0.1) is 17.5 Å². The molecule has 0 heterocycles. The normalized spacial score (nSPS) is 14.4. The Bertz CT molecular complexity index is 859. The molecule has 0 saturated carbocycles. The lowest BCUT2D eigenvalue weighted by Gasteiger charge is -2.25. The van der Waals surface area contributed by atoms with Crippen molar-refractivity contribution >= 4 is 5.97 Å². The van der Waals surface area contributed by atoms with Gasteiger partial charge in [0.1, 0.15) is 6.17 Å². The Morgan fingerprint density at radius 1 is 1.07 bits per heavy atom. The third kappa shape index (κ3) is 5.80. The SMILES string of the molecule is CCCCC(F)CC(CC(C)F)c1c(C(=O)O)cccc1-c1cc(F)c(F)c(F)c1. The molecule has 0 aliphatic carbocycles. The van der Waals surface area contributed by atoms with Crippen molar-refractivity contribution in [3.8, 4) is 11.1 Å². The van der Waals surface area contributed by atoms with Gasteiger partial charge < -0.3 is 5.11 Å². The van der Waals surface area contributed by atoms with E-state index in [1.807, 2.05) is 6.92 Å². The van der Waals surface area contributed by atoms with Gasteiger partial charge in [-0.05, 0) is 67.0 Å². The fourth-order valence-electron chi connectivity index (χ4n) is 3.73. The van der Waals surface area contributed by atoms with Crippen LogP contribution in [0.15, 0.2) is 30.3 Å². The molecule has 30 heavy (non-hydrogen) atoms. The second-order valence-corrected chi connectivity index (χ2v) is 7.51. The summed E-state index contributed by atoms with van der Waals surface area (Å²) in [6.45, 7) is 3.19. The van der Waals surface area contributed by atoms with Crippen LogP contribution in [0.3, 0.4) is 0 Å². The third-order valence-electron chi connectivity index (χ3n) is 5.06. The Hall–Kier alpha value is -2.44. The highest BCUT2D eigenvalue weighted by Crippen LogP contribution is 2.39. The van der Waals surface area contributed by atoms with Crippen LogP contribution in [0.2, 0.25) is 0 Å². The Kier molecular flexibility index (Phi) is 8.38. The summed E-state index contributed by atoms with van der Waals surface area (Å²) in [5, 5.41) is 9.65. The second-order valence-electron chi connectivity index (χ2n) is 7.51. The van der Waals surface area contributed by atoms with E-state index < -0.39 is 41.7 Å². The molecule has 3 atom stereocenters. The second kappa shape index (κ2) is 10.5. The zero-order chi connectivity index (χ0) is 22.4. The number of carbonyl (C=O) groups is 1. The summed E-state index contributed by atoms with van der Waals surface area (Å²) < 4.78 is 69.6. The minimum absolute atomic E-state index is 0.0926. The van der Waals surface area contributed by atoms with Crippen LogP contribution in [0.5, 0.6) is 0 Å². The molecule has 164 valence electrons. The smallest absolute Gasteiger partial charge is 0.335 e. The molecule has 0 amide bonds. The lowest BCUT2D eigenvalue weighted by molar-refractivity contribution is 0.0694. The molecule has 2 aromatic carbocycles. The third-order valence-corrected chi connectivity index (χ3v) is 5.06. The average molecular weight is 428 g/mol. The molecule has 2 rings (SSSR count). The molecule has 0 bridgehead atoms. The molecule has 0 aliphatic rings. The van der Waals surface area contributed by atoms with E-state index in [1.165, 1.54) is 25.1 Å². The number of halogens is 5. The molecule has 2 nitrogen and oxygen atoms in total. The van der Waals surface area contributed by atoms with Crippen LogP contribution >= 0.6 is 0 Å². The summed E-state index contributed by atoms with van der Waals surface area (Å²) in [4.78, 5) is 11.8. The monoisotopic (exact) mass is 428 g/mol. The van der Waals surface area contributed by atoms with Crippen LogP contribution in [0.25, 0.3) is 11.1 Å². The first-order valence-corrected chi connectivity index (χ1v) is 9.94. The van der Waals surface area contributed by atoms with Gasteiger partial charge in [0.15, 0.2) is 17.5 Å². The maximum absolute atomic E-state index is 14.6. The number of hydrogen-bond acceptors (Lipinski definition) is 1. The van der Waals surface area contributed by atoms with Gasteiger partial charge in [0, 0.05) is 0 Å². The van der Waals surface area contributed by atoms with Crippen LogP contribution in [-0.2, 0) is 0 Å². The number of benzene rings is 2. The lowest BCUT2D eigenvalue weighted by atomic mass is 9.81. The maximum atomic E-state index is 14.6. The molecule has 1 N–H and O–H groups in total. The molecule has 0 radical (unpaired) electrons. The van der Waals surface area contributed by atoms with Crippen molar-refractivity contribution < 1.29 is 31.9 Å². The predicted molar refractivity (Wildman–Crippen MR) is 106 cm³/mol. The molecular weight excluding hydrogens is 403 g/mol. The van der Waals surface area contributed by atoms with Gasteiger partial charge in [-0.25, -0.2) is 26.7 Å². The molecule has 0 saturated heterocycles. The van der Waals surface area contributed by atoms with E-state index >= 15 is 0 Å². The van der Waals surface area contributed by atoms with Crippen molar-refractivity contribution in [2.24, 2.45) is 0 Å². The van der Waals surface area contributed by atoms with E-state index in [1.54, 1.807) is 0 Å². The fraction of sp³-hybridized carbons (Fsp3) is 0.435. The van der Waals surface area contributed by atoms with E-state index in [4.69, 9.17) is 0 Å². The highest BCUT2D eigenvalue weighted by molar-refractivity contribution is 5.92. The van der Waals surface area contributed by atoms with Crippen molar-refractivity contribution in [2.75, 3.05) is 0 Å². The number of carboxylic acids is 1. The van der Waals surface area contributed by atoms with Crippen molar-refractivity contribution in [1.29, 1.82) is 0 Å². The van der Waals surface area contributed by atoms with Gasteiger partial charge in [-0.2, -0.15) is 0 Å². The van der Waals surface area contributed by atoms with Gasteiger partial charge in [-0.1, -0.05) is 31.9 Å². The van der Waals surface area contributed by atoms with Gasteiger partial charge in [-0.15, -0.1) is 0 Å². The van der Waals surface area contributed by atoms with Gasteiger partial charge in [-0.3, -0.25) is 0 Å². The highest BCUT2D eigenvalue weighted by atomic mass is 19.2. The van der Waals surface area contributed by atoms with Gasteiger partial charge in [0.25, 0.3) is 0 Å². The molecule has 7 heteroatoms. The Balaban J connectivity index is 2.65. The van der Waals surface area contributed by atoms with E-state index in [9.17, 15) is 31.9 Å². The van der Waals surface area contributed by atoms with Crippen LogP contribution < -0.4 is 0 Å². The largest absolute Gasteiger partial charge is 0.478 e. The molecule has 3 unspecified atom stereocenters. The minimum Gasteiger partial charge on any atom is -0.478 e. The molecule has 0 aliphatic heterocycles.